The molecule has 0 radical (unpaired) electrons. The van der Waals surface area contributed by atoms with E-state index in [4.69, 9.17) is 5.11 Å². The first-order valence-corrected chi connectivity index (χ1v) is 9.02. The summed E-state index contributed by atoms with van der Waals surface area (Å²) >= 11 is 0. The Bertz CT molecular complexity index is 632. The highest BCUT2D eigenvalue weighted by atomic mass is 19.1. The highest BCUT2D eigenvalue weighted by Crippen LogP contribution is 2.31. The monoisotopic (exact) mass is 348 g/mol. The number of rotatable bonds is 4. The summed E-state index contributed by atoms with van der Waals surface area (Å²) in [5.41, 5.74) is -1.12. The Labute approximate surface area is 147 Å². The molecule has 1 aromatic heterocycles. The van der Waals surface area contributed by atoms with Gasteiger partial charge in [-0.1, -0.05) is 0 Å². The first-order chi connectivity index (χ1) is 12.0. The van der Waals surface area contributed by atoms with E-state index in [0.29, 0.717) is 36.2 Å². The van der Waals surface area contributed by atoms with E-state index in [-0.39, 0.29) is 18.9 Å². The van der Waals surface area contributed by atoms with Crippen LogP contribution in [-0.2, 0) is 6.42 Å². The minimum absolute atomic E-state index is 0.186. The lowest BCUT2D eigenvalue weighted by molar-refractivity contribution is 0.0480. The lowest BCUT2D eigenvalue weighted by Gasteiger charge is -2.36. The quantitative estimate of drug-likeness (QED) is 0.861. The van der Waals surface area contributed by atoms with Gasteiger partial charge in [0.1, 0.15) is 28.9 Å². The number of nitriles is 1. The molecule has 0 aromatic carbocycles. The lowest BCUT2D eigenvalue weighted by atomic mass is 9.85. The van der Waals surface area contributed by atoms with Gasteiger partial charge in [0.2, 0.25) is 0 Å². The summed E-state index contributed by atoms with van der Waals surface area (Å²) in [6, 6.07) is 2.12. The Hall–Kier alpha value is -1.78. The number of nitrogens with zero attached hydrogens (tertiary/aromatic N) is 4. The first kappa shape index (κ1) is 18.0. The zero-order valence-electron chi connectivity index (χ0n) is 14.4. The van der Waals surface area contributed by atoms with Gasteiger partial charge in [-0.05, 0) is 31.6 Å². The van der Waals surface area contributed by atoms with Crippen molar-refractivity contribution in [3.63, 3.8) is 0 Å². The molecule has 136 valence electrons. The molecule has 0 amide bonds. The van der Waals surface area contributed by atoms with E-state index >= 15 is 0 Å². The van der Waals surface area contributed by atoms with Crippen LogP contribution in [0.3, 0.4) is 0 Å². The van der Waals surface area contributed by atoms with Crippen LogP contribution >= 0.6 is 0 Å². The normalized spacial score (nSPS) is 26.2. The van der Waals surface area contributed by atoms with Crippen molar-refractivity contribution in [2.45, 2.75) is 56.7 Å². The molecule has 7 heteroatoms. The molecule has 1 saturated heterocycles. The Kier molecular flexibility index (Phi) is 5.50. The molecule has 2 fully saturated rings. The van der Waals surface area contributed by atoms with Gasteiger partial charge < -0.3 is 15.1 Å². The van der Waals surface area contributed by atoms with E-state index in [1.807, 2.05) is 4.90 Å². The average molecular weight is 348 g/mol. The van der Waals surface area contributed by atoms with E-state index in [9.17, 15) is 14.8 Å². The summed E-state index contributed by atoms with van der Waals surface area (Å²) in [7, 11) is 0. The number of piperidine rings is 1. The third kappa shape index (κ3) is 4.25. The minimum Gasteiger partial charge on any atom is -0.393 e. The van der Waals surface area contributed by atoms with Gasteiger partial charge in [0.15, 0.2) is 0 Å². The lowest BCUT2D eigenvalue weighted by Crippen LogP contribution is -2.44. The van der Waals surface area contributed by atoms with Crippen LogP contribution in [0.2, 0.25) is 0 Å². The molecule has 0 atom stereocenters. The van der Waals surface area contributed by atoms with Crippen LogP contribution in [0.25, 0.3) is 0 Å². The molecule has 0 bridgehead atoms. The fourth-order valence-electron chi connectivity index (χ4n) is 3.71. The van der Waals surface area contributed by atoms with E-state index in [1.54, 1.807) is 6.20 Å². The summed E-state index contributed by atoms with van der Waals surface area (Å²) in [6.45, 7) is 0.393. The van der Waals surface area contributed by atoms with E-state index in [2.05, 4.69) is 16.0 Å². The second kappa shape index (κ2) is 7.63. The van der Waals surface area contributed by atoms with Gasteiger partial charge in [0, 0.05) is 32.4 Å². The van der Waals surface area contributed by atoms with Crippen molar-refractivity contribution < 1.29 is 14.6 Å². The standard InChI is InChI=1S/C18H25FN4O2/c19-18(12-24)5-7-23(8-6-18)17-14(10-20)11-21-16(22-17)9-13-1-3-15(25)4-2-13/h11,13,15,24-25H,1-9,12H2. The molecule has 0 unspecified atom stereocenters. The second-order valence-corrected chi connectivity index (χ2v) is 7.31. The van der Waals surface area contributed by atoms with Crippen LogP contribution in [-0.4, -0.2) is 51.7 Å². The number of hydrogen-bond acceptors (Lipinski definition) is 6. The van der Waals surface area contributed by atoms with Crippen molar-refractivity contribution in [2.75, 3.05) is 24.6 Å². The topological polar surface area (TPSA) is 93.3 Å². The van der Waals surface area contributed by atoms with Crippen LogP contribution in [0.4, 0.5) is 10.2 Å². The Morgan fingerprint density at radius 3 is 2.56 bits per heavy atom. The molecular weight excluding hydrogens is 323 g/mol. The molecule has 1 saturated carbocycles. The molecule has 1 aliphatic heterocycles. The van der Waals surface area contributed by atoms with Crippen LogP contribution in [0.1, 0.15) is 49.9 Å². The molecule has 6 nitrogen and oxygen atoms in total. The molecule has 2 aliphatic rings. The van der Waals surface area contributed by atoms with Crippen LogP contribution < -0.4 is 4.90 Å². The Morgan fingerprint density at radius 2 is 1.96 bits per heavy atom. The summed E-state index contributed by atoms with van der Waals surface area (Å²) in [4.78, 5) is 10.8. The maximum atomic E-state index is 14.2. The molecule has 2 N–H and O–H groups in total. The molecule has 3 rings (SSSR count). The largest absolute Gasteiger partial charge is 0.393 e. The fourth-order valence-corrected chi connectivity index (χ4v) is 3.71. The van der Waals surface area contributed by atoms with Crippen molar-refractivity contribution in [1.82, 2.24) is 9.97 Å². The third-order valence-electron chi connectivity index (χ3n) is 5.47. The van der Waals surface area contributed by atoms with Gasteiger partial charge in [-0.3, -0.25) is 0 Å². The number of aromatic nitrogens is 2. The van der Waals surface area contributed by atoms with Crippen molar-refractivity contribution >= 4 is 5.82 Å². The highest BCUT2D eigenvalue weighted by molar-refractivity contribution is 5.53. The molecule has 0 spiro atoms. The smallest absolute Gasteiger partial charge is 0.150 e. The van der Waals surface area contributed by atoms with Gasteiger partial charge in [-0.25, -0.2) is 14.4 Å². The second-order valence-electron chi connectivity index (χ2n) is 7.31. The number of aliphatic hydroxyl groups excluding tert-OH is 2. The summed E-state index contributed by atoms with van der Waals surface area (Å²) < 4.78 is 14.2. The number of aliphatic hydroxyl groups is 2. The van der Waals surface area contributed by atoms with Crippen molar-refractivity contribution in [3.8, 4) is 6.07 Å². The average Bonchev–Trinajstić information content (AvgIpc) is 2.64. The van der Waals surface area contributed by atoms with Gasteiger partial charge in [0.05, 0.1) is 18.9 Å². The zero-order chi connectivity index (χ0) is 17.9. The van der Waals surface area contributed by atoms with Crippen LogP contribution in [0.5, 0.6) is 0 Å². The van der Waals surface area contributed by atoms with Crippen LogP contribution in [0, 0.1) is 17.2 Å². The van der Waals surface area contributed by atoms with Crippen molar-refractivity contribution in [1.29, 1.82) is 5.26 Å². The number of hydrogen-bond donors (Lipinski definition) is 2. The molecule has 25 heavy (non-hydrogen) atoms. The van der Waals surface area contributed by atoms with Crippen molar-refractivity contribution in [3.05, 3.63) is 17.6 Å². The van der Waals surface area contributed by atoms with Crippen molar-refractivity contribution in [2.24, 2.45) is 5.92 Å². The van der Waals surface area contributed by atoms with E-state index in [0.717, 1.165) is 32.1 Å². The first-order valence-electron chi connectivity index (χ1n) is 9.02. The number of alkyl halides is 1. The minimum atomic E-state index is -1.53. The molecule has 2 heterocycles. The van der Waals surface area contributed by atoms with E-state index in [1.165, 1.54) is 0 Å². The van der Waals surface area contributed by atoms with Gasteiger partial charge in [-0.2, -0.15) is 5.26 Å². The number of halogens is 1. The number of anilines is 1. The predicted molar refractivity (Wildman–Crippen MR) is 90.8 cm³/mol. The fraction of sp³-hybridized carbons (Fsp3) is 0.722. The third-order valence-corrected chi connectivity index (χ3v) is 5.47. The Morgan fingerprint density at radius 1 is 1.28 bits per heavy atom. The van der Waals surface area contributed by atoms with E-state index < -0.39 is 12.3 Å². The summed E-state index contributed by atoms with van der Waals surface area (Å²) in [6.07, 6.45) is 6.13. The molecule has 1 aliphatic carbocycles. The zero-order valence-corrected chi connectivity index (χ0v) is 14.4. The van der Waals surface area contributed by atoms with Gasteiger partial charge >= 0.3 is 0 Å². The van der Waals surface area contributed by atoms with Gasteiger partial charge in [0.25, 0.3) is 0 Å². The maximum Gasteiger partial charge on any atom is 0.150 e. The molecular formula is C18H25FN4O2. The predicted octanol–water partition coefficient (Wildman–Crippen LogP) is 1.74. The molecule has 1 aromatic rings. The van der Waals surface area contributed by atoms with Gasteiger partial charge in [-0.15, -0.1) is 0 Å². The summed E-state index contributed by atoms with van der Waals surface area (Å²) in [5, 5.41) is 28.1. The summed E-state index contributed by atoms with van der Waals surface area (Å²) in [5.74, 6) is 1.73. The SMILES string of the molecule is N#Cc1cnc(CC2CCC(O)CC2)nc1N1CCC(F)(CO)CC1. The highest BCUT2D eigenvalue weighted by Gasteiger charge is 2.35. The van der Waals surface area contributed by atoms with Crippen LogP contribution in [0.15, 0.2) is 6.20 Å². The maximum absolute atomic E-state index is 14.2. The Balaban J connectivity index is 1.71.